The van der Waals surface area contributed by atoms with E-state index in [1.165, 1.54) is 0 Å². The molecule has 1 N–H and O–H groups in total. The van der Waals surface area contributed by atoms with Crippen LogP contribution in [0, 0.1) is 0 Å². The standard InChI is InChI=1S/C22H24N2O6/c1-2-27-17-4-6-18(7-5-17)30-14-21(25)23-15-11-22(26)24(13-15)16-3-8-19-20(12-16)29-10-9-28-19/h3-8,12,15H,2,9-11,13-14H2,1H3,(H,23,25)/t15-/m1/s1. The van der Waals surface area contributed by atoms with Crippen LogP contribution in [0.15, 0.2) is 42.5 Å². The fraction of sp³-hybridized carbons (Fsp3) is 0.364. The monoisotopic (exact) mass is 412 g/mol. The van der Waals surface area contributed by atoms with Crippen LogP contribution in [0.5, 0.6) is 23.0 Å². The highest BCUT2D eigenvalue weighted by Gasteiger charge is 2.32. The van der Waals surface area contributed by atoms with Crippen LogP contribution in [-0.2, 0) is 9.59 Å². The van der Waals surface area contributed by atoms with Crippen molar-refractivity contribution in [2.45, 2.75) is 19.4 Å². The predicted octanol–water partition coefficient (Wildman–Crippen LogP) is 2.16. The highest BCUT2D eigenvalue weighted by Crippen LogP contribution is 2.35. The summed E-state index contributed by atoms with van der Waals surface area (Å²) in [5.74, 6) is 2.30. The summed E-state index contributed by atoms with van der Waals surface area (Å²) in [6, 6.07) is 12.2. The summed E-state index contributed by atoms with van der Waals surface area (Å²) in [5, 5.41) is 2.87. The molecule has 0 aliphatic carbocycles. The van der Waals surface area contributed by atoms with Gasteiger partial charge in [0.15, 0.2) is 18.1 Å². The molecule has 8 heteroatoms. The Hall–Kier alpha value is -3.42. The third-order valence-electron chi connectivity index (χ3n) is 4.83. The number of rotatable bonds is 7. The summed E-state index contributed by atoms with van der Waals surface area (Å²) in [4.78, 5) is 26.4. The lowest BCUT2D eigenvalue weighted by molar-refractivity contribution is -0.123. The number of nitrogens with one attached hydrogen (secondary N) is 1. The number of anilines is 1. The van der Waals surface area contributed by atoms with Crippen molar-refractivity contribution in [2.24, 2.45) is 0 Å². The van der Waals surface area contributed by atoms with E-state index in [-0.39, 0.29) is 30.9 Å². The molecule has 30 heavy (non-hydrogen) atoms. The lowest BCUT2D eigenvalue weighted by atomic mass is 10.2. The Morgan fingerprint density at radius 3 is 2.50 bits per heavy atom. The quantitative estimate of drug-likeness (QED) is 0.750. The Labute approximate surface area is 174 Å². The van der Waals surface area contributed by atoms with E-state index >= 15 is 0 Å². The molecule has 0 radical (unpaired) electrons. The van der Waals surface area contributed by atoms with Crippen molar-refractivity contribution in [3.8, 4) is 23.0 Å². The van der Waals surface area contributed by atoms with Gasteiger partial charge in [0, 0.05) is 24.7 Å². The number of benzene rings is 2. The van der Waals surface area contributed by atoms with E-state index in [0.717, 1.165) is 11.4 Å². The fourth-order valence-electron chi connectivity index (χ4n) is 3.47. The molecule has 2 heterocycles. The van der Waals surface area contributed by atoms with E-state index in [4.69, 9.17) is 18.9 Å². The Morgan fingerprint density at radius 1 is 1.07 bits per heavy atom. The topological polar surface area (TPSA) is 86.3 Å². The molecule has 2 aromatic rings. The van der Waals surface area contributed by atoms with E-state index in [0.29, 0.717) is 43.6 Å². The van der Waals surface area contributed by atoms with Crippen molar-refractivity contribution in [2.75, 3.05) is 37.9 Å². The molecule has 158 valence electrons. The zero-order chi connectivity index (χ0) is 20.9. The number of hydrogen-bond donors (Lipinski definition) is 1. The number of amides is 2. The van der Waals surface area contributed by atoms with Gasteiger partial charge in [-0.3, -0.25) is 9.59 Å². The van der Waals surface area contributed by atoms with Gasteiger partial charge in [0.05, 0.1) is 12.6 Å². The smallest absolute Gasteiger partial charge is 0.258 e. The maximum absolute atomic E-state index is 12.5. The molecule has 0 saturated carbocycles. The number of fused-ring (bicyclic) bond motifs is 1. The van der Waals surface area contributed by atoms with Crippen LogP contribution in [0.3, 0.4) is 0 Å². The highest BCUT2D eigenvalue weighted by atomic mass is 16.6. The third-order valence-corrected chi connectivity index (χ3v) is 4.83. The molecule has 0 bridgehead atoms. The van der Waals surface area contributed by atoms with Crippen LogP contribution >= 0.6 is 0 Å². The molecule has 2 aromatic carbocycles. The zero-order valence-electron chi connectivity index (χ0n) is 16.8. The van der Waals surface area contributed by atoms with Gasteiger partial charge in [-0.05, 0) is 43.3 Å². The van der Waals surface area contributed by atoms with E-state index in [9.17, 15) is 9.59 Å². The lowest BCUT2D eigenvalue weighted by Crippen LogP contribution is -2.39. The second-order valence-electron chi connectivity index (χ2n) is 6.99. The van der Waals surface area contributed by atoms with Gasteiger partial charge in [0.25, 0.3) is 5.91 Å². The van der Waals surface area contributed by atoms with Crippen molar-refractivity contribution in [3.05, 3.63) is 42.5 Å². The minimum Gasteiger partial charge on any atom is -0.494 e. The minimum atomic E-state index is -0.276. The molecule has 8 nitrogen and oxygen atoms in total. The molecule has 1 atom stereocenters. The van der Waals surface area contributed by atoms with E-state index in [1.54, 1.807) is 41.3 Å². The average molecular weight is 412 g/mol. The Morgan fingerprint density at radius 2 is 1.77 bits per heavy atom. The van der Waals surface area contributed by atoms with Crippen molar-refractivity contribution >= 4 is 17.5 Å². The van der Waals surface area contributed by atoms with Gasteiger partial charge in [0.2, 0.25) is 5.91 Å². The molecule has 4 rings (SSSR count). The Kier molecular flexibility index (Phi) is 5.92. The summed E-state index contributed by atoms with van der Waals surface area (Å²) >= 11 is 0. The first-order valence-electron chi connectivity index (χ1n) is 9.97. The molecule has 1 fully saturated rings. The Bertz CT molecular complexity index is 914. The Balaban J connectivity index is 1.29. The SMILES string of the molecule is CCOc1ccc(OCC(=O)N[C@@H]2CC(=O)N(c3ccc4c(c3)OCCO4)C2)cc1. The van der Waals surface area contributed by atoms with Crippen molar-refractivity contribution in [3.63, 3.8) is 0 Å². The minimum absolute atomic E-state index is 0.0515. The number of nitrogens with zero attached hydrogens (tertiary/aromatic N) is 1. The van der Waals surface area contributed by atoms with Gasteiger partial charge in [-0.15, -0.1) is 0 Å². The first kappa shape index (κ1) is 19.9. The van der Waals surface area contributed by atoms with E-state index in [1.807, 2.05) is 13.0 Å². The fourth-order valence-corrected chi connectivity index (χ4v) is 3.47. The summed E-state index contributed by atoms with van der Waals surface area (Å²) in [7, 11) is 0. The van der Waals surface area contributed by atoms with Gasteiger partial charge in [-0.2, -0.15) is 0 Å². The molecule has 2 amide bonds. The average Bonchev–Trinajstić information content (AvgIpc) is 3.13. The third kappa shape index (κ3) is 4.59. The number of carbonyl (C=O) groups excluding carboxylic acids is 2. The summed E-state index contributed by atoms with van der Waals surface area (Å²) < 4.78 is 22.0. The molecule has 1 saturated heterocycles. The molecule has 0 aromatic heterocycles. The molecule has 2 aliphatic heterocycles. The molecular weight excluding hydrogens is 388 g/mol. The van der Waals surface area contributed by atoms with Gasteiger partial charge in [-0.25, -0.2) is 0 Å². The summed E-state index contributed by atoms with van der Waals surface area (Å²) in [5.41, 5.74) is 0.728. The molecule has 0 unspecified atom stereocenters. The van der Waals surface area contributed by atoms with Gasteiger partial charge in [0.1, 0.15) is 24.7 Å². The number of carbonyl (C=O) groups is 2. The van der Waals surface area contributed by atoms with Crippen molar-refractivity contribution in [1.29, 1.82) is 0 Å². The second kappa shape index (κ2) is 8.94. The maximum atomic E-state index is 12.5. The van der Waals surface area contributed by atoms with Crippen molar-refractivity contribution < 1.29 is 28.5 Å². The normalized spacial score (nSPS) is 17.6. The first-order chi connectivity index (χ1) is 14.6. The number of ether oxygens (including phenoxy) is 4. The largest absolute Gasteiger partial charge is 0.494 e. The van der Waals surface area contributed by atoms with Gasteiger partial charge < -0.3 is 29.2 Å². The van der Waals surface area contributed by atoms with Crippen LogP contribution in [0.1, 0.15) is 13.3 Å². The van der Waals surface area contributed by atoms with Crippen LogP contribution in [0.4, 0.5) is 5.69 Å². The van der Waals surface area contributed by atoms with Crippen LogP contribution in [0.2, 0.25) is 0 Å². The summed E-state index contributed by atoms with van der Waals surface area (Å²) in [6.07, 6.45) is 0.239. The van der Waals surface area contributed by atoms with E-state index in [2.05, 4.69) is 5.32 Å². The van der Waals surface area contributed by atoms with Crippen LogP contribution < -0.4 is 29.2 Å². The van der Waals surface area contributed by atoms with E-state index < -0.39 is 0 Å². The molecular formula is C22H24N2O6. The number of hydrogen-bond acceptors (Lipinski definition) is 6. The van der Waals surface area contributed by atoms with Crippen LogP contribution in [0.25, 0.3) is 0 Å². The zero-order valence-corrected chi connectivity index (χ0v) is 16.8. The summed E-state index contributed by atoms with van der Waals surface area (Å²) in [6.45, 7) is 3.78. The first-order valence-corrected chi connectivity index (χ1v) is 9.97. The molecule has 2 aliphatic rings. The van der Waals surface area contributed by atoms with Crippen molar-refractivity contribution in [1.82, 2.24) is 5.32 Å². The van der Waals surface area contributed by atoms with Gasteiger partial charge >= 0.3 is 0 Å². The molecule has 0 spiro atoms. The predicted molar refractivity (Wildman–Crippen MR) is 109 cm³/mol. The lowest BCUT2D eigenvalue weighted by Gasteiger charge is -2.22. The maximum Gasteiger partial charge on any atom is 0.258 e. The van der Waals surface area contributed by atoms with Crippen LogP contribution in [-0.4, -0.2) is 50.8 Å². The highest BCUT2D eigenvalue weighted by molar-refractivity contribution is 5.97. The van der Waals surface area contributed by atoms with Gasteiger partial charge in [-0.1, -0.05) is 0 Å². The second-order valence-corrected chi connectivity index (χ2v) is 6.99.